The molecule has 1 aliphatic heterocycles. The molecule has 0 unspecified atom stereocenters. The van der Waals surface area contributed by atoms with Crippen LogP contribution in [0.3, 0.4) is 0 Å². The first-order valence-electron chi connectivity index (χ1n) is 7.69. The van der Waals surface area contributed by atoms with Gasteiger partial charge in [0.15, 0.2) is 21.3 Å². The zero-order chi connectivity index (χ0) is 16.6. The predicted octanol–water partition coefficient (Wildman–Crippen LogP) is 1.97. The standard InChI is InChI=1S/C16H20N2O4S/c1-11(23(2,20)21)16(19)18-9-7-12(8-10-18)15-17-13-5-3-4-6-14(13)22-15/h3-6,11-12H,7-10H2,1-2H3/t11-/m0/s1. The lowest BCUT2D eigenvalue weighted by molar-refractivity contribution is -0.131. The molecule has 0 bridgehead atoms. The molecule has 1 aliphatic rings. The number of aromatic nitrogens is 1. The maximum absolute atomic E-state index is 12.2. The molecular formula is C16H20N2O4S. The van der Waals surface area contributed by atoms with Gasteiger partial charge in [0.1, 0.15) is 10.8 Å². The molecule has 1 aromatic carbocycles. The average molecular weight is 336 g/mol. The summed E-state index contributed by atoms with van der Waals surface area (Å²) in [7, 11) is -3.36. The van der Waals surface area contributed by atoms with Gasteiger partial charge in [-0.3, -0.25) is 4.79 Å². The number of carbonyl (C=O) groups is 1. The van der Waals surface area contributed by atoms with Gasteiger partial charge in [0.2, 0.25) is 5.91 Å². The van der Waals surface area contributed by atoms with E-state index in [9.17, 15) is 13.2 Å². The third kappa shape index (κ3) is 3.24. The van der Waals surface area contributed by atoms with Crippen LogP contribution in [0, 0.1) is 0 Å². The number of para-hydroxylation sites is 2. The van der Waals surface area contributed by atoms with Crippen molar-refractivity contribution in [1.29, 1.82) is 0 Å². The van der Waals surface area contributed by atoms with Gasteiger partial charge in [-0.05, 0) is 31.9 Å². The molecule has 1 aromatic heterocycles. The Labute approximate surface area is 135 Å². The highest BCUT2D eigenvalue weighted by Gasteiger charge is 2.32. The van der Waals surface area contributed by atoms with Crippen molar-refractivity contribution in [2.75, 3.05) is 19.3 Å². The summed E-state index contributed by atoms with van der Waals surface area (Å²) in [5.74, 6) is 0.554. The topological polar surface area (TPSA) is 80.5 Å². The minimum Gasteiger partial charge on any atom is -0.440 e. The highest BCUT2D eigenvalue weighted by atomic mass is 32.2. The largest absolute Gasteiger partial charge is 0.440 e. The Morgan fingerprint density at radius 1 is 1.30 bits per heavy atom. The number of benzene rings is 1. The van der Waals surface area contributed by atoms with E-state index in [0.29, 0.717) is 19.0 Å². The third-order valence-electron chi connectivity index (χ3n) is 4.46. The summed E-state index contributed by atoms with van der Waals surface area (Å²) in [6.07, 6.45) is 2.56. The van der Waals surface area contributed by atoms with E-state index >= 15 is 0 Å². The van der Waals surface area contributed by atoms with Crippen LogP contribution in [0.4, 0.5) is 0 Å². The molecule has 2 heterocycles. The third-order valence-corrected chi connectivity index (χ3v) is 5.94. The van der Waals surface area contributed by atoms with E-state index in [1.165, 1.54) is 6.92 Å². The molecular weight excluding hydrogens is 316 g/mol. The molecule has 1 amide bonds. The highest BCUT2D eigenvalue weighted by molar-refractivity contribution is 7.92. The van der Waals surface area contributed by atoms with Gasteiger partial charge in [-0.25, -0.2) is 13.4 Å². The molecule has 0 spiro atoms. The average Bonchev–Trinajstić information content (AvgIpc) is 2.96. The number of nitrogens with zero attached hydrogens (tertiary/aromatic N) is 2. The smallest absolute Gasteiger partial charge is 0.240 e. The molecule has 6 nitrogen and oxygen atoms in total. The van der Waals surface area contributed by atoms with Crippen LogP contribution in [-0.4, -0.2) is 48.8 Å². The maximum atomic E-state index is 12.2. The number of carbonyl (C=O) groups excluding carboxylic acids is 1. The zero-order valence-corrected chi connectivity index (χ0v) is 14.0. The summed E-state index contributed by atoms with van der Waals surface area (Å²) in [4.78, 5) is 18.4. The van der Waals surface area contributed by atoms with Crippen LogP contribution < -0.4 is 0 Å². The number of hydrogen-bond donors (Lipinski definition) is 0. The van der Waals surface area contributed by atoms with E-state index in [1.807, 2.05) is 24.3 Å². The summed E-state index contributed by atoms with van der Waals surface area (Å²) in [6, 6.07) is 7.63. The first-order chi connectivity index (χ1) is 10.9. The van der Waals surface area contributed by atoms with Crippen molar-refractivity contribution in [3.05, 3.63) is 30.2 Å². The fraction of sp³-hybridized carbons (Fsp3) is 0.500. The van der Waals surface area contributed by atoms with E-state index in [2.05, 4.69) is 4.98 Å². The highest BCUT2D eigenvalue weighted by Crippen LogP contribution is 2.30. The Balaban J connectivity index is 1.67. The molecule has 3 rings (SSSR count). The van der Waals surface area contributed by atoms with Crippen LogP contribution in [0.5, 0.6) is 0 Å². The van der Waals surface area contributed by atoms with Crippen molar-refractivity contribution in [2.45, 2.75) is 30.9 Å². The van der Waals surface area contributed by atoms with Crippen molar-refractivity contribution in [3.63, 3.8) is 0 Å². The van der Waals surface area contributed by atoms with Gasteiger partial charge in [0.05, 0.1) is 0 Å². The maximum Gasteiger partial charge on any atom is 0.240 e. The number of oxazole rings is 1. The lowest BCUT2D eigenvalue weighted by Gasteiger charge is -2.32. The van der Waals surface area contributed by atoms with E-state index in [-0.39, 0.29) is 11.8 Å². The van der Waals surface area contributed by atoms with Crippen LogP contribution in [-0.2, 0) is 14.6 Å². The molecule has 2 aromatic rings. The Morgan fingerprint density at radius 3 is 2.57 bits per heavy atom. The summed E-state index contributed by atoms with van der Waals surface area (Å²) < 4.78 is 28.9. The first-order valence-corrected chi connectivity index (χ1v) is 9.65. The van der Waals surface area contributed by atoms with Gasteiger partial charge in [-0.2, -0.15) is 0 Å². The summed E-state index contributed by atoms with van der Waals surface area (Å²) in [6.45, 7) is 2.51. The minimum atomic E-state index is -3.36. The molecule has 1 saturated heterocycles. The molecule has 1 atom stereocenters. The number of amides is 1. The SMILES string of the molecule is C[C@@H](C(=O)N1CCC(c2nc3ccccc3o2)CC1)S(C)(=O)=O. The summed E-state index contributed by atoms with van der Waals surface area (Å²) in [5, 5.41) is -0.983. The van der Waals surface area contributed by atoms with Crippen molar-refractivity contribution >= 4 is 26.8 Å². The van der Waals surface area contributed by atoms with Crippen LogP contribution in [0.25, 0.3) is 11.1 Å². The fourth-order valence-corrected chi connectivity index (χ4v) is 3.37. The van der Waals surface area contributed by atoms with E-state index < -0.39 is 15.1 Å². The van der Waals surface area contributed by atoms with Crippen molar-refractivity contribution in [1.82, 2.24) is 9.88 Å². The second-order valence-electron chi connectivity index (χ2n) is 6.09. The van der Waals surface area contributed by atoms with Gasteiger partial charge in [0, 0.05) is 25.3 Å². The van der Waals surface area contributed by atoms with Crippen LogP contribution in [0.1, 0.15) is 31.6 Å². The fourth-order valence-electron chi connectivity index (χ4n) is 2.85. The van der Waals surface area contributed by atoms with Crippen molar-refractivity contribution < 1.29 is 17.6 Å². The number of sulfone groups is 1. The van der Waals surface area contributed by atoms with E-state index in [0.717, 1.165) is 30.2 Å². The van der Waals surface area contributed by atoms with Crippen LogP contribution >= 0.6 is 0 Å². The van der Waals surface area contributed by atoms with Crippen molar-refractivity contribution in [2.24, 2.45) is 0 Å². The number of rotatable bonds is 3. The number of likely N-dealkylation sites (tertiary alicyclic amines) is 1. The molecule has 0 radical (unpaired) electrons. The second-order valence-corrected chi connectivity index (χ2v) is 8.46. The van der Waals surface area contributed by atoms with Crippen molar-refractivity contribution in [3.8, 4) is 0 Å². The number of piperidine rings is 1. The summed E-state index contributed by atoms with van der Waals surface area (Å²) in [5.41, 5.74) is 1.61. The number of fused-ring (bicyclic) bond motifs is 1. The molecule has 7 heteroatoms. The lowest BCUT2D eigenvalue weighted by Crippen LogP contribution is -2.44. The van der Waals surface area contributed by atoms with Crippen LogP contribution in [0.2, 0.25) is 0 Å². The lowest BCUT2D eigenvalue weighted by atomic mass is 9.96. The van der Waals surface area contributed by atoms with Gasteiger partial charge in [-0.15, -0.1) is 0 Å². The Kier molecular flexibility index (Phi) is 4.14. The normalized spacial score (nSPS) is 18.3. The quantitative estimate of drug-likeness (QED) is 0.856. The minimum absolute atomic E-state index is 0.167. The molecule has 124 valence electrons. The second kappa shape index (κ2) is 5.96. The van der Waals surface area contributed by atoms with Gasteiger partial charge in [0.25, 0.3) is 0 Å². The Morgan fingerprint density at radius 2 is 1.96 bits per heavy atom. The van der Waals surface area contributed by atoms with E-state index in [1.54, 1.807) is 4.90 Å². The van der Waals surface area contributed by atoms with Gasteiger partial charge >= 0.3 is 0 Å². The zero-order valence-electron chi connectivity index (χ0n) is 13.2. The van der Waals surface area contributed by atoms with Crippen LogP contribution in [0.15, 0.2) is 28.7 Å². The Hall–Kier alpha value is -1.89. The molecule has 0 saturated carbocycles. The number of hydrogen-bond acceptors (Lipinski definition) is 5. The van der Waals surface area contributed by atoms with Gasteiger partial charge < -0.3 is 9.32 Å². The molecule has 23 heavy (non-hydrogen) atoms. The Bertz CT molecular complexity index is 786. The molecule has 0 aliphatic carbocycles. The monoisotopic (exact) mass is 336 g/mol. The van der Waals surface area contributed by atoms with E-state index in [4.69, 9.17) is 4.42 Å². The predicted molar refractivity (Wildman–Crippen MR) is 86.9 cm³/mol. The van der Waals surface area contributed by atoms with Gasteiger partial charge in [-0.1, -0.05) is 12.1 Å². The molecule has 1 fully saturated rings. The molecule has 0 N–H and O–H groups in total. The first kappa shape index (κ1) is 16.0. The summed E-state index contributed by atoms with van der Waals surface area (Å²) >= 11 is 0.